The topological polar surface area (TPSA) is 34.9 Å². The number of aromatic nitrogens is 2. The van der Waals surface area contributed by atoms with Gasteiger partial charge in [-0.15, -0.1) is 0 Å². The third-order valence-electron chi connectivity index (χ3n) is 3.45. The van der Waals surface area contributed by atoms with Crippen LogP contribution in [-0.2, 0) is 13.0 Å². The number of nitrogens with zero attached hydrogens (tertiary/aromatic N) is 2. The van der Waals surface area contributed by atoms with Crippen molar-refractivity contribution in [1.29, 1.82) is 0 Å². The van der Waals surface area contributed by atoms with E-state index in [1.807, 2.05) is 23.0 Å². The Bertz CT molecular complexity index is 598. The summed E-state index contributed by atoms with van der Waals surface area (Å²) in [5.41, 5.74) is 4.37. The molecule has 2 aromatic rings. The van der Waals surface area contributed by atoms with E-state index >= 15 is 0 Å². The Balaban J connectivity index is 1.94. The Hall–Kier alpha value is -1.90. The minimum absolute atomic E-state index is 0.276. The number of Topliss-reactive ketones (excluding diaryl/α,β-unsaturated/α-hetero) is 1. The molecule has 0 aliphatic heterocycles. The normalized spacial score (nSPS) is 13.9. The molecule has 0 atom stereocenters. The van der Waals surface area contributed by atoms with E-state index in [2.05, 4.69) is 24.3 Å². The summed E-state index contributed by atoms with van der Waals surface area (Å²) in [6.45, 7) is 3.09. The summed E-state index contributed by atoms with van der Waals surface area (Å²) < 4.78 is 1.97. The van der Waals surface area contributed by atoms with Crippen LogP contribution in [0.1, 0.15) is 35.7 Å². The zero-order valence-electron chi connectivity index (χ0n) is 10.5. The Morgan fingerprint density at radius 2 is 2.17 bits per heavy atom. The Kier molecular flexibility index (Phi) is 2.74. The third-order valence-corrected chi connectivity index (χ3v) is 3.45. The maximum absolute atomic E-state index is 11.6. The summed E-state index contributed by atoms with van der Waals surface area (Å²) in [5.74, 6) is 0.276. The summed E-state index contributed by atoms with van der Waals surface area (Å²) in [6.07, 6.45) is 6.59. The van der Waals surface area contributed by atoms with Gasteiger partial charge in [-0.05, 0) is 24.0 Å². The highest BCUT2D eigenvalue weighted by Crippen LogP contribution is 2.27. The molecule has 0 saturated heterocycles. The molecule has 0 fully saturated rings. The zero-order chi connectivity index (χ0) is 12.5. The van der Waals surface area contributed by atoms with Crippen LogP contribution in [0.4, 0.5) is 0 Å². The molecule has 1 aliphatic rings. The van der Waals surface area contributed by atoms with Crippen LogP contribution in [0.25, 0.3) is 11.1 Å². The highest BCUT2D eigenvalue weighted by atomic mass is 16.1. The number of hydrogen-bond acceptors (Lipinski definition) is 2. The van der Waals surface area contributed by atoms with Gasteiger partial charge in [0.15, 0.2) is 5.78 Å². The van der Waals surface area contributed by atoms with Crippen LogP contribution in [0.3, 0.4) is 0 Å². The summed E-state index contributed by atoms with van der Waals surface area (Å²) in [4.78, 5) is 11.6. The van der Waals surface area contributed by atoms with Crippen molar-refractivity contribution < 1.29 is 4.79 Å². The molecular formula is C15H16N2O. The minimum atomic E-state index is 0.276. The number of aryl methyl sites for hydroxylation is 2. The van der Waals surface area contributed by atoms with Gasteiger partial charge in [-0.25, -0.2) is 0 Å². The molecule has 3 nitrogen and oxygen atoms in total. The molecule has 92 valence electrons. The predicted octanol–water partition coefficient (Wildman–Crippen LogP) is 3.09. The molecule has 18 heavy (non-hydrogen) atoms. The van der Waals surface area contributed by atoms with Crippen molar-refractivity contribution in [2.45, 2.75) is 32.7 Å². The Morgan fingerprint density at radius 1 is 1.28 bits per heavy atom. The fourth-order valence-electron chi connectivity index (χ4n) is 2.50. The zero-order valence-corrected chi connectivity index (χ0v) is 10.5. The number of carbonyl (C=O) groups is 1. The second-order valence-corrected chi connectivity index (χ2v) is 4.79. The van der Waals surface area contributed by atoms with Gasteiger partial charge in [-0.2, -0.15) is 5.10 Å². The molecule has 1 aromatic heterocycles. The van der Waals surface area contributed by atoms with Gasteiger partial charge >= 0.3 is 0 Å². The Labute approximate surface area is 106 Å². The first kappa shape index (κ1) is 11.2. The lowest BCUT2D eigenvalue weighted by Gasteiger charge is -2.01. The fourth-order valence-corrected chi connectivity index (χ4v) is 2.50. The van der Waals surface area contributed by atoms with Gasteiger partial charge in [0, 0.05) is 30.3 Å². The summed E-state index contributed by atoms with van der Waals surface area (Å²) in [5, 5.41) is 4.34. The average Bonchev–Trinajstić information content (AvgIpc) is 2.97. The molecule has 0 N–H and O–H groups in total. The smallest absolute Gasteiger partial charge is 0.163 e. The second-order valence-electron chi connectivity index (χ2n) is 4.79. The summed E-state index contributed by atoms with van der Waals surface area (Å²) in [7, 11) is 0. The molecule has 3 heteroatoms. The van der Waals surface area contributed by atoms with E-state index in [0.717, 1.165) is 36.1 Å². The Morgan fingerprint density at radius 3 is 3.00 bits per heavy atom. The van der Waals surface area contributed by atoms with Crippen molar-refractivity contribution >= 4 is 5.78 Å². The largest absolute Gasteiger partial charge is 0.294 e. The first-order chi connectivity index (χ1) is 8.78. The number of hydrogen-bond donors (Lipinski definition) is 0. The van der Waals surface area contributed by atoms with E-state index in [1.54, 1.807) is 0 Å². The van der Waals surface area contributed by atoms with Crippen LogP contribution in [0.2, 0.25) is 0 Å². The SMILES string of the molecule is CCCn1cc(-c2ccc3c(c2)CCC3=O)cn1. The molecule has 1 aromatic carbocycles. The van der Waals surface area contributed by atoms with E-state index in [1.165, 1.54) is 5.56 Å². The van der Waals surface area contributed by atoms with Crippen LogP contribution < -0.4 is 0 Å². The van der Waals surface area contributed by atoms with Crippen molar-refractivity contribution in [3.05, 3.63) is 41.7 Å². The highest BCUT2D eigenvalue weighted by molar-refractivity contribution is 6.00. The highest BCUT2D eigenvalue weighted by Gasteiger charge is 2.19. The lowest BCUT2D eigenvalue weighted by molar-refractivity contribution is 0.0994. The molecule has 0 spiro atoms. The maximum Gasteiger partial charge on any atom is 0.163 e. The molecule has 0 unspecified atom stereocenters. The van der Waals surface area contributed by atoms with Crippen molar-refractivity contribution in [1.82, 2.24) is 9.78 Å². The molecular weight excluding hydrogens is 224 g/mol. The first-order valence-electron chi connectivity index (χ1n) is 6.47. The van der Waals surface area contributed by atoms with Gasteiger partial charge in [-0.3, -0.25) is 9.48 Å². The molecule has 0 radical (unpaired) electrons. The number of rotatable bonds is 3. The van der Waals surface area contributed by atoms with Gasteiger partial charge in [0.05, 0.1) is 6.20 Å². The van der Waals surface area contributed by atoms with E-state index in [9.17, 15) is 4.79 Å². The quantitative estimate of drug-likeness (QED) is 0.826. The van der Waals surface area contributed by atoms with Crippen molar-refractivity contribution in [2.75, 3.05) is 0 Å². The van der Waals surface area contributed by atoms with E-state index in [4.69, 9.17) is 0 Å². The van der Waals surface area contributed by atoms with Gasteiger partial charge in [0.25, 0.3) is 0 Å². The number of benzene rings is 1. The predicted molar refractivity (Wildman–Crippen MR) is 70.6 cm³/mol. The van der Waals surface area contributed by atoms with Crippen LogP contribution in [-0.4, -0.2) is 15.6 Å². The van der Waals surface area contributed by atoms with Gasteiger partial charge in [0.2, 0.25) is 0 Å². The van der Waals surface area contributed by atoms with Crippen LogP contribution in [0.15, 0.2) is 30.6 Å². The summed E-state index contributed by atoms with van der Waals surface area (Å²) >= 11 is 0. The first-order valence-corrected chi connectivity index (χ1v) is 6.47. The second kappa shape index (κ2) is 4.41. The molecule has 1 heterocycles. The molecule has 0 bridgehead atoms. The maximum atomic E-state index is 11.6. The van der Waals surface area contributed by atoms with Crippen molar-refractivity contribution in [3.63, 3.8) is 0 Å². The molecule has 3 rings (SSSR count). The monoisotopic (exact) mass is 240 g/mol. The molecule has 0 amide bonds. The van der Waals surface area contributed by atoms with E-state index in [0.29, 0.717) is 6.42 Å². The average molecular weight is 240 g/mol. The standard InChI is InChI=1S/C15H16N2O/c1-2-7-17-10-13(9-16-17)11-3-5-14-12(8-11)4-6-15(14)18/h3,5,8-10H,2,4,6-7H2,1H3. The van der Waals surface area contributed by atoms with Gasteiger partial charge < -0.3 is 0 Å². The van der Waals surface area contributed by atoms with Crippen LogP contribution >= 0.6 is 0 Å². The molecule has 0 saturated carbocycles. The number of carbonyl (C=O) groups excluding carboxylic acids is 1. The van der Waals surface area contributed by atoms with Crippen molar-refractivity contribution in [2.24, 2.45) is 0 Å². The van der Waals surface area contributed by atoms with Crippen LogP contribution in [0, 0.1) is 0 Å². The number of fused-ring (bicyclic) bond motifs is 1. The summed E-state index contributed by atoms with van der Waals surface area (Å²) in [6, 6.07) is 6.11. The number of ketones is 1. The minimum Gasteiger partial charge on any atom is -0.294 e. The van der Waals surface area contributed by atoms with E-state index < -0.39 is 0 Å². The van der Waals surface area contributed by atoms with Crippen LogP contribution in [0.5, 0.6) is 0 Å². The molecule has 1 aliphatic carbocycles. The third kappa shape index (κ3) is 1.86. The van der Waals surface area contributed by atoms with E-state index in [-0.39, 0.29) is 5.78 Å². The lowest BCUT2D eigenvalue weighted by Crippen LogP contribution is -1.95. The van der Waals surface area contributed by atoms with Crippen molar-refractivity contribution in [3.8, 4) is 11.1 Å². The van der Waals surface area contributed by atoms with Gasteiger partial charge in [-0.1, -0.05) is 25.1 Å². The van der Waals surface area contributed by atoms with Gasteiger partial charge in [0.1, 0.15) is 0 Å². The lowest BCUT2D eigenvalue weighted by atomic mass is 10.0. The fraction of sp³-hybridized carbons (Fsp3) is 0.333.